The first kappa shape index (κ1) is 9.98. The first-order valence-electron chi connectivity index (χ1n) is 3.27. The van der Waals surface area contributed by atoms with Crippen molar-refractivity contribution < 1.29 is 4.21 Å². The second-order valence-corrected chi connectivity index (χ2v) is 6.19. The van der Waals surface area contributed by atoms with E-state index in [1.165, 1.54) is 0 Å². The summed E-state index contributed by atoms with van der Waals surface area (Å²) < 4.78 is 13.9. The van der Waals surface area contributed by atoms with Gasteiger partial charge in [-0.25, -0.2) is 4.72 Å². The van der Waals surface area contributed by atoms with Crippen molar-refractivity contribution in [3.63, 3.8) is 0 Å². The average molecular weight is 163 g/mol. The molecule has 0 amide bonds. The molecule has 0 aromatic carbocycles. The summed E-state index contributed by atoms with van der Waals surface area (Å²) in [5.41, 5.74) is 0.177. The molecule has 1 unspecified atom stereocenters. The molecule has 1 atom stereocenters. The van der Waals surface area contributed by atoms with E-state index in [0.717, 1.165) is 6.54 Å². The first-order chi connectivity index (χ1) is 4.21. The van der Waals surface area contributed by atoms with Gasteiger partial charge in [-0.2, -0.15) is 0 Å². The molecule has 10 heavy (non-hydrogen) atoms. The van der Waals surface area contributed by atoms with Gasteiger partial charge in [0, 0.05) is 22.5 Å². The lowest BCUT2D eigenvalue weighted by Crippen LogP contribution is -2.31. The van der Waals surface area contributed by atoms with Crippen LogP contribution in [0, 0.1) is 5.41 Å². The molecule has 62 valence electrons. The number of nitrogens with one attached hydrogen (secondary N) is 1. The monoisotopic (exact) mass is 163 g/mol. The second kappa shape index (κ2) is 2.93. The molecule has 0 saturated heterocycles. The minimum Gasteiger partial charge on any atom is -0.253 e. The molecule has 0 heterocycles. The fourth-order valence-corrected chi connectivity index (χ4v) is 1.11. The largest absolute Gasteiger partial charge is 0.253 e. The predicted molar refractivity (Wildman–Crippen MR) is 48.6 cm³/mol. The summed E-state index contributed by atoms with van der Waals surface area (Å²) in [6.45, 7) is 7.01. The van der Waals surface area contributed by atoms with Crippen molar-refractivity contribution in [1.29, 1.82) is 0 Å². The Bertz CT molecular complexity index is 186. The van der Waals surface area contributed by atoms with Gasteiger partial charge in [-0.15, -0.1) is 0 Å². The SMILES string of the molecule is C=S(C)(=O)NCC(C)(C)C. The van der Waals surface area contributed by atoms with Gasteiger partial charge in [0.2, 0.25) is 0 Å². The smallest absolute Gasteiger partial charge is 0.0220 e. The molecule has 0 aliphatic heterocycles. The third-order valence-corrected chi connectivity index (χ3v) is 1.66. The van der Waals surface area contributed by atoms with Crippen LogP contribution in [0.15, 0.2) is 0 Å². The van der Waals surface area contributed by atoms with Gasteiger partial charge in [0.15, 0.2) is 0 Å². The summed E-state index contributed by atoms with van der Waals surface area (Å²) in [7, 11) is -2.01. The van der Waals surface area contributed by atoms with E-state index in [1.54, 1.807) is 6.26 Å². The minimum atomic E-state index is -2.01. The van der Waals surface area contributed by atoms with E-state index in [-0.39, 0.29) is 5.41 Å². The molecule has 0 bridgehead atoms. The zero-order valence-corrected chi connectivity index (χ0v) is 8.05. The summed E-state index contributed by atoms with van der Waals surface area (Å²) >= 11 is 0. The molecule has 0 radical (unpaired) electrons. The quantitative estimate of drug-likeness (QED) is 0.602. The van der Waals surface area contributed by atoms with Gasteiger partial charge in [0.25, 0.3) is 0 Å². The molecule has 0 saturated carbocycles. The van der Waals surface area contributed by atoms with Crippen molar-refractivity contribution in [2.24, 2.45) is 5.41 Å². The standard InChI is InChI=1S/C7H17NOS/c1-7(2,3)6-8-10(4,5)9/h4,6H2,1-3,5H3,(H,8,9). The van der Waals surface area contributed by atoms with Gasteiger partial charge in [0.1, 0.15) is 0 Å². The maximum atomic E-state index is 11.0. The van der Waals surface area contributed by atoms with E-state index >= 15 is 0 Å². The molecule has 0 rings (SSSR count). The maximum Gasteiger partial charge on any atom is 0.0220 e. The lowest BCUT2D eigenvalue weighted by atomic mass is 9.98. The molecule has 0 aliphatic rings. The highest BCUT2D eigenvalue weighted by molar-refractivity contribution is 7.97. The van der Waals surface area contributed by atoms with Crippen LogP contribution in [0.4, 0.5) is 0 Å². The summed E-state index contributed by atoms with van der Waals surface area (Å²) in [4.78, 5) is 0. The Morgan fingerprint density at radius 3 is 2.00 bits per heavy atom. The van der Waals surface area contributed by atoms with Crippen LogP contribution in [-0.4, -0.2) is 22.9 Å². The highest BCUT2D eigenvalue weighted by Gasteiger charge is 2.09. The minimum absolute atomic E-state index is 0.177. The average Bonchev–Trinajstić information content (AvgIpc) is 1.57. The second-order valence-electron chi connectivity index (χ2n) is 3.89. The normalized spacial score (nSPS) is 18.4. The Hall–Kier alpha value is -0.0200. The Kier molecular flexibility index (Phi) is 2.92. The predicted octanol–water partition coefficient (Wildman–Crippen LogP) is 0.883. The zero-order chi connectivity index (χ0) is 8.41. The van der Waals surface area contributed by atoms with E-state index in [0.29, 0.717) is 0 Å². The topological polar surface area (TPSA) is 29.1 Å². The Morgan fingerprint density at radius 2 is 1.90 bits per heavy atom. The van der Waals surface area contributed by atoms with Gasteiger partial charge in [0.05, 0.1) is 0 Å². The van der Waals surface area contributed by atoms with Crippen molar-refractivity contribution >= 4 is 15.6 Å². The maximum absolute atomic E-state index is 11.0. The Morgan fingerprint density at radius 1 is 1.50 bits per heavy atom. The van der Waals surface area contributed by atoms with Crippen molar-refractivity contribution in [1.82, 2.24) is 4.72 Å². The van der Waals surface area contributed by atoms with Gasteiger partial charge < -0.3 is 0 Å². The van der Waals surface area contributed by atoms with E-state index in [4.69, 9.17) is 0 Å². The zero-order valence-electron chi connectivity index (χ0n) is 7.23. The summed E-state index contributed by atoms with van der Waals surface area (Å²) in [5.74, 6) is 3.49. The molecular weight excluding hydrogens is 146 g/mol. The number of hydrogen-bond donors (Lipinski definition) is 1. The van der Waals surface area contributed by atoms with Crippen LogP contribution in [0.2, 0.25) is 0 Å². The fraction of sp³-hybridized carbons (Fsp3) is 0.857. The fourth-order valence-electron chi connectivity index (χ4n) is 0.369. The Balaban J connectivity index is 3.79. The van der Waals surface area contributed by atoms with Crippen LogP contribution in [0.5, 0.6) is 0 Å². The third kappa shape index (κ3) is 7.98. The molecule has 0 spiro atoms. The van der Waals surface area contributed by atoms with Gasteiger partial charge in [-0.05, 0) is 11.3 Å². The van der Waals surface area contributed by atoms with Crippen LogP contribution >= 0.6 is 0 Å². The molecule has 0 aromatic heterocycles. The number of rotatable bonds is 2. The first-order valence-corrected chi connectivity index (χ1v) is 5.41. The van der Waals surface area contributed by atoms with E-state index in [2.05, 4.69) is 31.4 Å². The summed E-state index contributed by atoms with van der Waals surface area (Å²) in [6.07, 6.45) is 1.61. The van der Waals surface area contributed by atoms with Crippen molar-refractivity contribution in [2.75, 3.05) is 12.8 Å². The molecular formula is C7H17NOS. The lowest BCUT2D eigenvalue weighted by Gasteiger charge is -2.19. The Labute approximate surface area is 64.2 Å². The number of hydrogen-bond acceptors (Lipinski definition) is 1. The van der Waals surface area contributed by atoms with E-state index in [1.807, 2.05) is 0 Å². The highest BCUT2D eigenvalue weighted by Crippen LogP contribution is 2.10. The third-order valence-electron chi connectivity index (χ3n) is 0.908. The summed E-state index contributed by atoms with van der Waals surface area (Å²) in [6, 6.07) is 0. The van der Waals surface area contributed by atoms with Gasteiger partial charge in [-0.1, -0.05) is 20.8 Å². The molecule has 2 nitrogen and oxygen atoms in total. The van der Waals surface area contributed by atoms with Crippen molar-refractivity contribution in [3.05, 3.63) is 0 Å². The van der Waals surface area contributed by atoms with Crippen LogP contribution < -0.4 is 4.72 Å². The van der Waals surface area contributed by atoms with Crippen LogP contribution in [0.3, 0.4) is 0 Å². The van der Waals surface area contributed by atoms with Gasteiger partial charge >= 0.3 is 0 Å². The van der Waals surface area contributed by atoms with Crippen LogP contribution in [0.25, 0.3) is 0 Å². The highest BCUT2D eigenvalue weighted by atomic mass is 32.2. The molecule has 1 N–H and O–H groups in total. The summed E-state index contributed by atoms with van der Waals surface area (Å²) in [5, 5.41) is 0. The van der Waals surface area contributed by atoms with Crippen molar-refractivity contribution in [2.45, 2.75) is 20.8 Å². The molecule has 3 heteroatoms. The van der Waals surface area contributed by atoms with Crippen LogP contribution in [-0.2, 0) is 9.71 Å². The molecule has 0 aromatic rings. The molecule has 0 fully saturated rings. The van der Waals surface area contributed by atoms with Gasteiger partial charge in [-0.3, -0.25) is 4.21 Å². The van der Waals surface area contributed by atoms with Crippen molar-refractivity contribution in [3.8, 4) is 0 Å². The van der Waals surface area contributed by atoms with Crippen LogP contribution in [0.1, 0.15) is 20.8 Å². The van der Waals surface area contributed by atoms with E-state index < -0.39 is 9.71 Å². The van der Waals surface area contributed by atoms with E-state index in [9.17, 15) is 4.21 Å². The lowest BCUT2D eigenvalue weighted by molar-refractivity contribution is 0.413. The molecule has 0 aliphatic carbocycles.